The van der Waals surface area contributed by atoms with Crippen LogP contribution >= 0.6 is 0 Å². The summed E-state index contributed by atoms with van der Waals surface area (Å²) in [6, 6.07) is 11.1. The molecule has 0 unspecified atom stereocenters. The molecular weight excluding hydrogens is 258 g/mol. The number of nitrogens with one attached hydrogen (secondary N) is 1. The zero-order valence-electron chi connectivity index (χ0n) is 10.7. The summed E-state index contributed by atoms with van der Waals surface area (Å²) in [5.74, 6) is -0.952. The van der Waals surface area contributed by atoms with Crippen molar-refractivity contribution in [3.63, 3.8) is 0 Å². The molecule has 0 aliphatic carbocycles. The quantitative estimate of drug-likeness (QED) is 0.636. The van der Waals surface area contributed by atoms with Gasteiger partial charge in [0.25, 0.3) is 5.91 Å². The largest absolute Gasteiger partial charge is 0.504 e. The average Bonchev–Trinajstić information content (AvgIpc) is 2.47. The van der Waals surface area contributed by atoms with Crippen molar-refractivity contribution in [2.24, 2.45) is 0 Å². The van der Waals surface area contributed by atoms with Crippen LogP contribution in [0.5, 0.6) is 11.5 Å². The van der Waals surface area contributed by atoms with Gasteiger partial charge in [-0.25, -0.2) is 0 Å². The van der Waals surface area contributed by atoms with Crippen molar-refractivity contribution in [3.8, 4) is 11.5 Å². The van der Waals surface area contributed by atoms with Crippen LogP contribution in [-0.2, 0) is 13.2 Å². The van der Waals surface area contributed by atoms with Crippen LogP contribution in [0.15, 0.2) is 42.5 Å². The van der Waals surface area contributed by atoms with E-state index < -0.39 is 0 Å². The van der Waals surface area contributed by atoms with E-state index in [1.165, 1.54) is 18.2 Å². The number of aliphatic hydroxyl groups is 1. The van der Waals surface area contributed by atoms with Gasteiger partial charge in [0.1, 0.15) is 0 Å². The third-order valence-corrected chi connectivity index (χ3v) is 2.86. The summed E-state index contributed by atoms with van der Waals surface area (Å²) in [4.78, 5) is 11.9. The minimum Gasteiger partial charge on any atom is -0.504 e. The molecule has 0 saturated heterocycles. The lowest BCUT2D eigenvalue weighted by atomic mass is 10.1. The van der Waals surface area contributed by atoms with Gasteiger partial charge in [0, 0.05) is 12.1 Å². The maximum atomic E-state index is 11.9. The molecule has 2 aromatic carbocycles. The third-order valence-electron chi connectivity index (χ3n) is 2.86. The number of hydrogen-bond acceptors (Lipinski definition) is 4. The molecule has 0 heterocycles. The number of aromatic hydroxyl groups is 2. The molecule has 0 spiro atoms. The summed E-state index contributed by atoms with van der Waals surface area (Å²) >= 11 is 0. The topological polar surface area (TPSA) is 89.8 Å². The zero-order chi connectivity index (χ0) is 14.5. The number of hydrogen-bond donors (Lipinski definition) is 4. The van der Waals surface area contributed by atoms with E-state index >= 15 is 0 Å². The Hall–Kier alpha value is -2.53. The fourth-order valence-corrected chi connectivity index (χ4v) is 1.79. The monoisotopic (exact) mass is 273 g/mol. The first kappa shape index (κ1) is 13.9. The number of carbonyl (C=O) groups is 1. The summed E-state index contributed by atoms with van der Waals surface area (Å²) in [7, 11) is 0. The first-order valence-electron chi connectivity index (χ1n) is 6.09. The van der Waals surface area contributed by atoms with E-state index in [-0.39, 0.29) is 29.6 Å². The summed E-state index contributed by atoms with van der Waals surface area (Å²) in [5, 5.41) is 30.3. The number of carbonyl (C=O) groups excluding carboxylic acids is 1. The van der Waals surface area contributed by atoms with Gasteiger partial charge in [-0.1, -0.05) is 24.3 Å². The number of phenolic OH excluding ortho intramolecular Hbond substituents is 2. The Labute approximate surface area is 116 Å². The maximum Gasteiger partial charge on any atom is 0.251 e. The van der Waals surface area contributed by atoms with E-state index in [0.717, 1.165) is 11.1 Å². The van der Waals surface area contributed by atoms with Crippen molar-refractivity contribution in [2.45, 2.75) is 13.2 Å². The Morgan fingerprint density at radius 3 is 2.45 bits per heavy atom. The van der Waals surface area contributed by atoms with Crippen LogP contribution in [0, 0.1) is 0 Å². The number of rotatable bonds is 4. The van der Waals surface area contributed by atoms with Crippen molar-refractivity contribution >= 4 is 5.91 Å². The van der Waals surface area contributed by atoms with Crippen molar-refractivity contribution in [1.82, 2.24) is 5.32 Å². The molecule has 104 valence electrons. The van der Waals surface area contributed by atoms with Crippen LogP contribution in [0.4, 0.5) is 0 Å². The van der Waals surface area contributed by atoms with Crippen LogP contribution < -0.4 is 5.32 Å². The molecule has 1 amide bonds. The Bertz CT molecular complexity index is 625. The van der Waals surface area contributed by atoms with Gasteiger partial charge in [-0.2, -0.15) is 0 Å². The highest BCUT2D eigenvalue weighted by molar-refractivity contribution is 5.94. The Morgan fingerprint density at radius 2 is 1.75 bits per heavy atom. The number of amides is 1. The van der Waals surface area contributed by atoms with Gasteiger partial charge >= 0.3 is 0 Å². The van der Waals surface area contributed by atoms with Gasteiger partial charge in [-0.05, 0) is 29.3 Å². The van der Waals surface area contributed by atoms with Crippen molar-refractivity contribution in [3.05, 3.63) is 59.2 Å². The molecule has 5 nitrogen and oxygen atoms in total. The zero-order valence-corrected chi connectivity index (χ0v) is 10.7. The lowest BCUT2D eigenvalue weighted by molar-refractivity contribution is 0.0950. The summed E-state index contributed by atoms with van der Waals surface area (Å²) in [6.07, 6.45) is 0. The van der Waals surface area contributed by atoms with Gasteiger partial charge in [-0.15, -0.1) is 0 Å². The molecule has 0 saturated carbocycles. The normalized spacial score (nSPS) is 10.2. The van der Waals surface area contributed by atoms with E-state index in [1.54, 1.807) is 18.2 Å². The van der Waals surface area contributed by atoms with Crippen LogP contribution in [0.25, 0.3) is 0 Å². The smallest absolute Gasteiger partial charge is 0.251 e. The van der Waals surface area contributed by atoms with Gasteiger partial charge < -0.3 is 20.6 Å². The van der Waals surface area contributed by atoms with E-state index in [4.69, 9.17) is 5.11 Å². The molecule has 20 heavy (non-hydrogen) atoms. The Kier molecular flexibility index (Phi) is 4.22. The fourth-order valence-electron chi connectivity index (χ4n) is 1.79. The molecule has 0 atom stereocenters. The van der Waals surface area contributed by atoms with Crippen molar-refractivity contribution in [2.75, 3.05) is 0 Å². The first-order chi connectivity index (χ1) is 9.60. The Morgan fingerprint density at radius 1 is 1.00 bits per heavy atom. The standard InChI is InChI=1S/C15H15NO4/c17-9-11-3-1-2-10(6-11)8-16-15(20)12-4-5-13(18)14(19)7-12/h1-7,17-19H,8-9H2,(H,16,20). The van der Waals surface area contributed by atoms with Gasteiger partial charge in [0.15, 0.2) is 11.5 Å². The molecule has 2 rings (SSSR count). The summed E-state index contributed by atoms with van der Waals surface area (Å²) in [6.45, 7) is 0.266. The number of aliphatic hydroxyl groups excluding tert-OH is 1. The van der Waals surface area contributed by atoms with Gasteiger partial charge in [0.2, 0.25) is 0 Å². The predicted octanol–water partition coefficient (Wildman–Crippen LogP) is 1.52. The molecular formula is C15H15NO4. The van der Waals surface area contributed by atoms with Crippen LogP contribution in [0.1, 0.15) is 21.5 Å². The molecule has 0 fully saturated rings. The molecule has 0 aliphatic heterocycles. The fraction of sp³-hybridized carbons (Fsp3) is 0.133. The lowest BCUT2D eigenvalue weighted by Gasteiger charge is -2.07. The van der Waals surface area contributed by atoms with E-state index in [2.05, 4.69) is 5.32 Å². The van der Waals surface area contributed by atoms with Gasteiger partial charge in [-0.3, -0.25) is 4.79 Å². The number of benzene rings is 2. The highest BCUT2D eigenvalue weighted by atomic mass is 16.3. The highest BCUT2D eigenvalue weighted by Crippen LogP contribution is 2.24. The minimum absolute atomic E-state index is 0.0480. The second-order valence-electron chi connectivity index (χ2n) is 4.36. The third kappa shape index (κ3) is 3.27. The first-order valence-corrected chi connectivity index (χ1v) is 6.09. The van der Waals surface area contributed by atoms with E-state index in [0.29, 0.717) is 6.54 Å². The minimum atomic E-state index is -0.352. The average molecular weight is 273 g/mol. The summed E-state index contributed by atoms with van der Waals surface area (Å²) in [5.41, 5.74) is 1.91. The second kappa shape index (κ2) is 6.08. The highest BCUT2D eigenvalue weighted by Gasteiger charge is 2.08. The molecule has 0 aliphatic rings. The van der Waals surface area contributed by atoms with Gasteiger partial charge in [0.05, 0.1) is 6.61 Å². The Balaban J connectivity index is 2.02. The van der Waals surface area contributed by atoms with Crippen molar-refractivity contribution in [1.29, 1.82) is 0 Å². The summed E-state index contributed by atoms with van der Waals surface area (Å²) < 4.78 is 0. The van der Waals surface area contributed by atoms with Crippen molar-refractivity contribution < 1.29 is 20.1 Å². The predicted molar refractivity (Wildman–Crippen MR) is 73.3 cm³/mol. The SMILES string of the molecule is O=C(NCc1cccc(CO)c1)c1ccc(O)c(O)c1. The lowest BCUT2D eigenvalue weighted by Crippen LogP contribution is -2.22. The van der Waals surface area contributed by atoms with Crippen LogP contribution in [-0.4, -0.2) is 21.2 Å². The molecule has 0 bridgehead atoms. The molecule has 0 radical (unpaired) electrons. The molecule has 0 aromatic heterocycles. The number of phenols is 2. The van der Waals surface area contributed by atoms with E-state index in [9.17, 15) is 15.0 Å². The second-order valence-corrected chi connectivity index (χ2v) is 4.36. The molecule has 2 aromatic rings. The molecule has 5 heteroatoms. The molecule has 4 N–H and O–H groups in total. The van der Waals surface area contributed by atoms with Crippen LogP contribution in [0.2, 0.25) is 0 Å². The van der Waals surface area contributed by atoms with Crippen LogP contribution in [0.3, 0.4) is 0 Å². The maximum absolute atomic E-state index is 11.9. The van der Waals surface area contributed by atoms with E-state index in [1.807, 2.05) is 6.07 Å².